The van der Waals surface area contributed by atoms with Crippen molar-refractivity contribution < 1.29 is 35.5 Å². The molecule has 1 amide bonds. The largest absolute Gasteiger partial charge is 0.417 e. The van der Waals surface area contributed by atoms with Gasteiger partial charge in [-0.25, -0.2) is 14.4 Å². The van der Waals surface area contributed by atoms with Gasteiger partial charge in [0.2, 0.25) is 5.91 Å². The number of piperidine rings is 1. The van der Waals surface area contributed by atoms with E-state index in [0.29, 0.717) is 37.8 Å². The lowest BCUT2D eigenvalue weighted by molar-refractivity contribution is -0.138. The van der Waals surface area contributed by atoms with E-state index in [1.807, 2.05) is 0 Å². The van der Waals surface area contributed by atoms with Crippen LogP contribution in [0, 0.1) is 25.6 Å². The number of rotatable bonds is 5. The zero-order chi connectivity index (χ0) is 29.4. The molecule has 1 aliphatic rings. The number of hydrogen-bond donors (Lipinski definition) is 2. The number of aromatic amines is 1. The molecule has 0 atom stereocenters. The molecule has 0 spiro atoms. The first kappa shape index (κ1) is 29.0. The molecular formula is C26H24F7N5O2. The maximum atomic E-state index is 15.4. The van der Waals surface area contributed by atoms with Crippen LogP contribution < -0.4 is 15.8 Å². The number of carbonyl (C=O) groups excluding carboxylic acids is 1. The van der Waals surface area contributed by atoms with Crippen molar-refractivity contribution in [1.29, 1.82) is 0 Å². The number of carbonyl (C=O) groups is 1. The van der Waals surface area contributed by atoms with Gasteiger partial charge in [-0.2, -0.15) is 26.3 Å². The van der Waals surface area contributed by atoms with Gasteiger partial charge >= 0.3 is 12.4 Å². The SMILES string of the molecule is Cc1nc(-c2c(C(F)(F)F)ccc(CNC(=O)C3CCN(c4ccc(C(F)(F)F)cn4)CC3)c2F)[nH]c(=O)c1C. The van der Waals surface area contributed by atoms with Crippen LogP contribution in [0.2, 0.25) is 0 Å². The number of pyridine rings is 1. The molecule has 0 bridgehead atoms. The molecule has 2 N–H and O–H groups in total. The second-order valence-corrected chi connectivity index (χ2v) is 9.47. The molecule has 0 aliphatic carbocycles. The van der Waals surface area contributed by atoms with E-state index in [-0.39, 0.29) is 16.8 Å². The molecule has 3 aromatic rings. The molecule has 1 fully saturated rings. The van der Waals surface area contributed by atoms with Crippen molar-refractivity contribution in [2.45, 2.75) is 45.6 Å². The first-order valence-corrected chi connectivity index (χ1v) is 12.2. The minimum atomic E-state index is -4.94. The summed E-state index contributed by atoms with van der Waals surface area (Å²) >= 11 is 0. The van der Waals surface area contributed by atoms with Crippen molar-refractivity contribution in [1.82, 2.24) is 20.3 Å². The van der Waals surface area contributed by atoms with E-state index in [2.05, 4.69) is 20.3 Å². The lowest BCUT2D eigenvalue weighted by Crippen LogP contribution is -2.40. The van der Waals surface area contributed by atoms with Crippen LogP contribution in [-0.2, 0) is 23.7 Å². The Bertz CT molecular complexity index is 1460. The van der Waals surface area contributed by atoms with E-state index in [0.717, 1.165) is 18.3 Å². The zero-order valence-electron chi connectivity index (χ0n) is 21.3. The van der Waals surface area contributed by atoms with E-state index in [9.17, 15) is 35.9 Å². The molecule has 2 aromatic heterocycles. The minimum absolute atomic E-state index is 0.141. The van der Waals surface area contributed by atoms with Crippen molar-refractivity contribution in [2.24, 2.45) is 5.92 Å². The van der Waals surface area contributed by atoms with Crippen LogP contribution in [-0.4, -0.2) is 33.9 Å². The quantitative estimate of drug-likeness (QED) is 0.413. The van der Waals surface area contributed by atoms with Crippen LogP contribution in [0.5, 0.6) is 0 Å². The van der Waals surface area contributed by atoms with E-state index < -0.39 is 64.6 Å². The van der Waals surface area contributed by atoms with Gasteiger partial charge in [0.05, 0.1) is 16.7 Å². The Labute approximate surface area is 223 Å². The number of aryl methyl sites for hydroxylation is 1. The number of amides is 1. The molecule has 0 saturated carbocycles. The number of anilines is 1. The summed E-state index contributed by atoms with van der Waals surface area (Å²) < 4.78 is 94.8. The van der Waals surface area contributed by atoms with E-state index in [4.69, 9.17) is 0 Å². The first-order chi connectivity index (χ1) is 18.7. The highest BCUT2D eigenvalue weighted by Crippen LogP contribution is 2.38. The maximum absolute atomic E-state index is 15.4. The molecule has 3 heterocycles. The molecular weight excluding hydrogens is 547 g/mol. The molecule has 7 nitrogen and oxygen atoms in total. The number of H-pyrrole nitrogens is 1. The monoisotopic (exact) mass is 571 g/mol. The lowest BCUT2D eigenvalue weighted by atomic mass is 9.95. The number of alkyl halides is 6. The number of nitrogens with zero attached hydrogens (tertiary/aromatic N) is 3. The summed E-state index contributed by atoms with van der Waals surface area (Å²) in [6.07, 6.45) is -8.03. The Hall–Kier alpha value is -3.97. The summed E-state index contributed by atoms with van der Waals surface area (Å²) in [5.74, 6) is -2.46. The predicted molar refractivity (Wildman–Crippen MR) is 131 cm³/mol. The summed E-state index contributed by atoms with van der Waals surface area (Å²) in [6, 6.07) is 3.77. The molecule has 14 heteroatoms. The fourth-order valence-electron chi connectivity index (χ4n) is 4.43. The van der Waals surface area contributed by atoms with Gasteiger partial charge in [-0.1, -0.05) is 6.07 Å². The van der Waals surface area contributed by atoms with Crippen LogP contribution in [0.1, 0.15) is 40.8 Å². The van der Waals surface area contributed by atoms with Crippen LogP contribution in [0.25, 0.3) is 11.4 Å². The highest BCUT2D eigenvalue weighted by molar-refractivity contribution is 5.79. The van der Waals surface area contributed by atoms with Gasteiger partial charge in [-0.3, -0.25) is 9.59 Å². The summed E-state index contributed by atoms with van der Waals surface area (Å²) in [5, 5.41) is 2.55. The van der Waals surface area contributed by atoms with Gasteiger partial charge in [0.25, 0.3) is 5.56 Å². The molecule has 0 unspecified atom stereocenters. The third kappa shape index (κ3) is 6.10. The van der Waals surface area contributed by atoms with Crippen molar-refractivity contribution >= 4 is 11.7 Å². The van der Waals surface area contributed by atoms with Gasteiger partial charge in [-0.15, -0.1) is 0 Å². The number of nitrogens with one attached hydrogen (secondary N) is 2. The van der Waals surface area contributed by atoms with Gasteiger partial charge < -0.3 is 15.2 Å². The molecule has 214 valence electrons. The summed E-state index contributed by atoms with van der Waals surface area (Å²) in [6.45, 7) is 3.11. The van der Waals surface area contributed by atoms with Crippen LogP contribution in [0.3, 0.4) is 0 Å². The van der Waals surface area contributed by atoms with Gasteiger partial charge in [0.1, 0.15) is 17.5 Å². The maximum Gasteiger partial charge on any atom is 0.417 e. The highest BCUT2D eigenvalue weighted by Gasteiger charge is 2.37. The van der Waals surface area contributed by atoms with Crippen molar-refractivity contribution in [3.8, 4) is 11.4 Å². The molecule has 40 heavy (non-hydrogen) atoms. The number of halogens is 7. The fourth-order valence-corrected chi connectivity index (χ4v) is 4.43. The topological polar surface area (TPSA) is 91.0 Å². The van der Waals surface area contributed by atoms with Crippen molar-refractivity contribution in [2.75, 3.05) is 18.0 Å². The van der Waals surface area contributed by atoms with E-state index >= 15 is 4.39 Å². The second kappa shape index (κ2) is 10.9. The average molecular weight is 571 g/mol. The fraction of sp³-hybridized carbons (Fsp3) is 0.385. The lowest BCUT2D eigenvalue weighted by Gasteiger charge is -2.32. The summed E-state index contributed by atoms with van der Waals surface area (Å²) in [7, 11) is 0. The first-order valence-electron chi connectivity index (χ1n) is 12.2. The Morgan fingerprint density at radius 2 is 1.73 bits per heavy atom. The summed E-state index contributed by atoms with van der Waals surface area (Å²) in [5.41, 5.74) is -3.73. The van der Waals surface area contributed by atoms with Gasteiger partial charge in [-0.05, 0) is 44.9 Å². The van der Waals surface area contributed by atoms with Crippen LogP contribution >= 0.6 is 0 Å². The minimum Gasteiger partial charge on any atom is -0.357 e. The summed E-state index contributed by atoms with van der Waals surface area (Å²) in [4.78, 5) is 36.6. The predicted octanol–water partition coefficient (Wildman–Crippen LogP) is 5.16. The number of hydrogen-bond acceptors (Lipinski definition) is 5. The Morgan fingerprint density at radius 1 is 1.05 bits per heavy atom. The van der Waals surface area contributed by atoms with Crippen molar-refractivity contribution in [3.63, 3.8) is 0 Å². The highest BCUT2D eigenvalue weighted by atomic mass is 19.4. The molecule has 0 radical (unpaired) electrons. The van der Waals surface area contributed by atoms with Gasteiger partial charge in [0, 0.05) is 48.6 Å². The molecule has 1 saturated heterocycles. The Morgan fingerprint density at radius 3 is 2.27 bits per heavy atom. The number of benzene rings is 1. The Kier molecular flexibility index (Phi) is 7.90. The average Bonchev–Trinajstić information content (AvgIpc) is 2.89. The molecule has 1 aliphatic heterocycles. The second-order valence-electron chi connectivity index (χ2n) is 9.47. The van der Waals surface area contributed by atoms with Gasteiger partial charge in [0.15, 0.2) is 0 Å². The normalized spacial score (nSPS) is 14.9. The molecule has 1 aromatic carbocycles. The number of aromatic nitrogens is 3. The zero-order valence-corrected chi connectivity index (χ0v) is 21.3. The van der Waals surface area contributed by atoms with Crippen LogP contribution in [0.4, 0.5) is 36.6 Å². The smallest absolute Gasteiger partial charge is 0.357 e. The Balaban J connectivity index is 1.46. The van der Waals surface area contributed by atoms with Crippen molar-refractivity contribution in [3.05, 3.63) is 74.6 Å². The standard InChI is InChI=1S/C26H24F7N5O2/c1-13-14(2)36-22(37-23(13)39)20-18(26(31,32)33)5-3-16(21(20)27)11-35-24(40)15-7-9-38(10-8-15)19-6-4-17(12-34-19)25(28,29)30/h3-6,12,15H,7-11H2,1-2H3,(H,35,40)(H,36,37,39). The van der Waals surface area contributed by atoms with Crippen LogP contribution in [0.15, 0.2) is 35.3 Å². The van der Waals surface area contributed by atoms with E-state index in [1.54, 1.807) is 4.90 Å². The third-order valence-corrected chi connectivity index (χ3v) is 6.88. The third-order valence-electron chi connectivity index (χ3n) is 6.88. The van der Waals surface area contributed by atoms with E-state index in [1.165, 1.54) is 19.9 Å². The molecule has 4 rings (SSSR count).